The van der Waals surface area contributed by atoms with Crippen LogP contribution < -0.4 is 5.32 Å². The molecule has 0 radical (unpaired) electrons. The number of carbonyl (C=O) groups excluding carboxylic acids is 1. The van der Waals surface area contributed by atoms with E-state index in [1.807, 2.05) is 6.92 Å². The van der Waals surface area contributed by atoms with Gasteiger partial charge in [0.2, 0.25) is 0 Å². The minimum Gasteiger partial charge on any atom is -0.468 e. The van der Waals surface area contributed by atoms with Gasteiger partial charge in [0.05, 0.1) is 7.11 Å². The number of hydrogen-bond donors (Lipinski definition) is 1. The molecule has 1 aliphatic carbocycles. The highest BCUT2D eigenvalue weighted by Crippen LogP contribution is 2.34. The molecule has 0 saturated heterocycles. The van der Waals surface area contributed by atoms with E-state index < -0.39 is 5.54 Å². The maximum absolute atomic E-state index is 12.2. The molecule has 1 aliphatic rings. The zero-order valence-corrected chi connectivity index (χ0v) is 14.4. The van der Waals surface area contributed by atoms with Crippen LogP contribution in [0.5, 0.6) is 0 Å². The molecule has 0 amide bonds. The molecule has 5 heteroatoms. The second-order valence-electron chi connectivity index (χ2n) is 6.29. The largest absolute Gasteiger partial charge is 0.468 e. The molecule has 5 nitrogen and oxygen atoms in total. The van der Waals surface area contributed by atoms with Crippen molar-refractivity contribution in [3.05, 3.63) is 0 Å². The highest BCUT2D eigenvalue weighted by molar-refractivity contribution is 5.81. The van der Waals surface area contributed by atoms with Crippen LogP contribution >= 0.6 is 0 Å². The van der Waals surface area contributed by atoms with Crippen LogP contribution in [0.4, 0.5) is 0 Å². The van der Waals surface area contributed by atoms with Gasteiger partial charge in [-0.15, -0.1) is 0 Å². The second kappa shape index (κ2) is 8.71. The Balaban J connectivity index is 2.61. The van der Waals surface area contributed by atoms with Gasteiger partial charge < -0.3 is 19.9 Å². The molecule has 0 aromatic carbocycles. The average Bonchev–Trinajstić information content (AvgIpc) is 2.88. The molecule has 1 rings (SSSR count). The average molecular weight is 299 g/mol. The van der Waals surface area contributed by atoms with Gasteiger partial charge in [0, 0.05) is 6.04 Å². The Morgan fingerprint density at radius 2 is 2.05 bits per heavy atom. The Kier molecular flexibility index (Phi) is 7.63. The summed E-state index contributed by atoms with van der Waals surface area (Å²) >= 11 is 0. The molecule has 0 heterocycles. The second-order valence-corrected chi connectivity index (χ2v) is 6.29. The maximum atomic E-state index is 12.2. The molecule has 0 aliphatic heterocycles. The van der Waals surface area contributed by atoms with Crippen molar-refractivity contribution in [2.75, 3.05) is 47.4 Å². The Labute approximate surface area is 130 Å². The molecule has 0 bridgehead atoms. The minimum absolute atomic E-state index is 0.101. The van der Waals surface area contributed by atoms with Crippen LogP contribution in [0, 0.1) is 0 Å². The summed E-state index contributed by atoms with van der Waals surface area (Å²) in [6.07, 6.45) is 3.98. The summed E-state index contributed by atoms with van der Waals surface area (Å²) in [4.78, 5) is 16.9. The first-order valence-electron chi connectivity index (χ1n) is 8.21. The van der Waals surface area contributed by atoms with Crippen LogP contribution in [0.3, 0.4) is 0 Å². The number of nitrogens with zero attached hydrogens (tertiary/aromatic N) is 2. The number of rotatable bonds is 9. The number of methoxy groups -OCH3 is 1. The van der Waals surface area contributed by atoms with Gasteiger partial charge in [-0.3, -0.25) is 4.79 Å². The molecule has 124 valence electrons. The lowest BCUT2D eigenvalue weighted by molar-refractivity contribution is -0.148. The highest BCUT2D eigenvalue weighted by atomic mass is 16.5. The van der Waals surface area contributed by atoms with Crippen molar-refractivity contribution >= 4 is 5.97 Å². The lowest BCUT2D eigenvalue weighted by atomic mass is 9.97. The monoisotopic (exact) mass is 299 g/mol. The van der Waals surface area contributed by atoms with Gasteiger partial charge in [0.25, 0.3) is 0 Å². The summed E-state index contributed by atoms with van der Waals surface area (Å²) in [5.41, 5.74) is -0.469. The van der Waals surface area contributed by atoms with E-state index in [0.29, 0.717) is 6.04 Å². The number of likely N-dealkylation sites (N-methyl/N-ethyl adjacent to an activating group) is 1. The molecule has 0 aromatic rings. The number of esters is 1. The molecular formula is C16H33N3O2. The van der Waals surface area contributed by atoms with E-state index in [1.54, 1.807) is 0 Å². The van der Waals surface area contributed by atoms with E-state index in [1.165, 1.54) is 13.5 Å². The topological polar surface area (TPSA) is 44.8 Å². The SMILES string of the molecule is CCNC1(C(=O)OC)CCC(N(CC)CCCN(C)C)C1. The molecule has 2 atom stereocenters. The van der Waals surface area contributed by atoms with E-state index in [4.69, 9.17) is 4.74 Å². The van der Waals surface area contributed by atoms with Gasteiger partial charge >= 0.3 is 5.97 Å². The Hall–Kier alpha value is -0.650. The summed E-state index contributed by atoms with van der Waals surface area (Å²) in [5, 5.41) is 3.38. The quantitative estimate of drug-likeness (QED) is 0.651. The fourth-order valence-electron chi connectivity index (χ4n) is 3.47. The summed E-state index contributed by atoms with van der Waals surface area (Å²) in [5.74, 6) is -0.101. The Morgan fingerprint density at radius 3 is 2.57 bits per heavy atom. The molecule has 1 saturated carbocycles. The van der Waals surface area contributed by atoms with Crippen LogP contribution in [-0.2, 0) is 9.53 Å². The lowest BCUT2D eigenvalue weighted by Gasteiger charge is -2.31. The van der Waals surface area contributed by atoms with Crippen LogP contribution in [0.2, 0.25) is 0 Å². The summed E-state index contributed by atoms with van der Waals surface area (Å²) in [6.45, 7) is 8.31. The molecule has 0 aromatic heterocycles. The van der Waals surface area contributed by atoms with Crippen LogP contribution in [-0.4, -0.2) is 74.7 Å². The van der Waals surface area contributed by atoms with Gasteiger partial charge in [0.15, 0.2) is 0 Å². The van der Waals surface area contributed by atoms with E-state index in [-0.39, 0.29) is 5.97 Å². The third-order valence-corrected chi connectivity index (χ3v) is 4.55. The maximum Gasteiger partial charge on any atom is 0.326 e. The zero-order valence-electron chi connectivity index (χ0n) is 14.4. The Morgan fingerprint density at radius 1 is 1.33 bits per heavy atom. The minimum atomic E-state index is -0.469. The zero-order chi connectivity index (χ0) is 15.9. The molecular weight excluding hydrogens is 266 g/mol. The van der Waals surface area contributed by atoms with Crippen molar-refractivity contribution in [1.82, 2.24) is 15.1 Å². The van der Waals surface area contributed by atoms with Crippen molar-refractivity contribution < 1.29 is 9.53 Å². The van der Waals surface area contributed by atoms with Crippen LogP contribution in [0.25, 0.3) is 0 Å². The predicted octanol–water partition coefficient (Wildman–Crippen LogP) is 1.33. The molecule has 0 spiro atoms. The molecule has 1 N–H and O–H groups in total. The fourth-order valence-corrected chi connectivity index (χ4v) is 3.47. The van der Waals surface area contributed by atoms with Crippen LogP contribution in [0.1, 0.15) is 39.5 Å². The van der Waals surface area contributed by atoms with Crippen molar-refractivity contribution in [2.45, 2.75) is 51.1 Å². The van der Waals surface area contributed by atoms with Gasteiger partial charge in [-0.2, -0.15) is 0 Å². The van der Waals surface area contributed by atoms with Crippen molar-refractivity contribution in [3.63, 3.8) is 0 Å². The summed E-state index contributed by atoms with van der Waals surface area (Å²) < 4.78 is 5.04. The summed E-state index contributed by atoms with van der Waals surface area (Å²) in [7, 11) is 5.71. The van der Waals surface area contributed by atoms with Crippen molar-refractivity contribution in [3.8, 4) is 0 Å². The number of hydrogen-bond acceptors (Lipinski definition) is 5. The van der Waals surface area contributed by atoms with Gasteiger partial charge in [-0.25, -0.2) is 0 Å². The first-order valence-corrected chi connectivity index (χ1v) is 8.21. The third-order valence-electron chi connectivity index (χ3n) is 4.55. The lowest BCUT2D eigenvalue weighted by Crippen LogP contribution is -2.52. The normalized spacial score (nSPS) is 25.8. The first kappa shape index (κ1) is 18.4. The number of carbonyl (C=O) groups is 1. The fraction of sp³-hybridized carbons (Fsp3) is 0.938. The Bertz CT molecular complexity index is 323. The number of nitrogens with one attached hydrogen (secondary N) is 1. The predicted molar refractivity (Wildman–Crippen MR) is 86.5 cm³/mol. The molecule has 2 unspecified atom stereocenters. The molecule has 1 fully saturated rings. The van der Waals surface area contributed by atoms with E-state index in [9.17, 15) is 4.79 Å². The van der Waals surface area contributed by atoms with E-state index in [0.717, 1.165) is 45.4 Å². The smallest absolute Gasteiger partial charge is 0.326 e. The first-order chi connectivity index (χ1) is 9.99. The van der Waals surface area contributed by atoms with Gasteiger partial charge in [-0.05, 0) is 66.0 Å². The molecule has 21 heavy (non-hydrogen) atoms. The van der Waals surface area contributed by atoms with E-state index in [2.05, 4.69) is 36.1 Å². The van der Waals surface area contributed by atoms with E-state index >= 15 is 0 Å². The van der Waals surface area contributed by atoms with Gasteiger partial charge in [-0.1, -0.05) is 13.8 Å². The third kappa shape index (κ3) is 4.94. The van der Waals surface area contributed by atoms with Crippen molar-refractivity contribution in [1.29, 1.82) is 0 Å². The van der Waals surface area contributed by atoms with Crippen molar-refractivity contribution in [2.24, 2.45) is 0 Å². The number of ether oxygens (including phenoxy) is 1. The van der Waals surface area contributed by atoms with Gasteiger partial charge in [0.1, 0.15) is 5.54 Å². The van der Waals surface area contributed by atoms with Crippen LogP contribution in [0.15, 0.2) is 0 Å². The highest BCUT2D eigenvalue weighted by Gasteiger charge is 2.46. The summed E-state index contributed by atoms with van der Waals surface area (Å²) in [6, 6.07) is 0.482. The standard InChI is InChI=1S/C16H33N3O2/c1-6-17-16(15(20)21-5)10-9-14(13-16)19(7-2)12-8-11-18(3)4/h14,17H,6-13H2,1-5H3.